The fourth-order valence-electron chi connectivity index (χ4n) is 4.11. The topological polar surface area (TPSA) is 66.9 Å². The molecule has 2 heterocycles. The summed E-state index contributed by atoms with van der Waals surface area (Å²) in [5.74, 6) is -0.288. The monoisotopic (exact) mass is 538 g/mol. The van der Waals surface area contributed by atoms with E-state index in [2.05, 4.69) is 0 Å². The number of nitrogens with zero attached hydrogens (tertiary/aromatic N) is 2. The lowest BCUT2D eigenvalue weighted by atomic mass is 9.93. The standard InChI is InChI=1S/C24H24Cl2N2O4S2/c1-32-13-12-27(34(30,31)22-15-18(25)7-8-20(22)26)16-23(29)28-11-9-21-19(10-14-33-21)24(28)17-5-3-2-4-6-17/h2-8,10,14-15,24H,9,11-13,16H2,1H3. The molecule has 1 amide bonds. The van der Waals surface area contributed by atoms with Crippen molar-refractivity contribution in [1.29, 1.82) is 0 Å². The fourth-order valence-corrected chi connectivity index (χ4v) is 7.13. The molecule has 180 valence electrons. The van der Waals surface area contributed by atoms with Gasteiger partial charge in [0.25, 0.3) is 0 Å². The van der Waals surface area contributed by atoms with Crippen LogP contribution in [0, 0.1) is 0 Å². The first kappa shape index (κ1) is 25.2. The Morgan fingerprint density at radius 3 is 2.68 bits per heavy atom. The zero-order valence-corrected chi connectivity index (χ0v) is 21.6. The molecule has 0 N–H and O–H groups in total. The van der Waals surface area contributed by atoms with E-state index in [0.29, 0.717) is 6.54 Å². The van der Waals surface area contributed by atoms with Gasteiger partial charge < -0.3 is 9.64 Å². The van der Waals surface area contributed by atoms with Gasteiger partial charge in [-0.25, -0.2) is 8.42 Å². The molecule has 1 aromatic heterocycles. The van der Waals surface area contributed by atoms with E-state index < -0.39 is 10.0 Å². The van der Waals surface area contributed by atoms with Crippen LogP contribution in [0.4, 0.5) is 0 Å². The third kappa shape index (κ3) is 5.17. The van der Waals surface area contributed by atoms with Crippen molar-refractivity contribution in [3.8, 4) is 0 Å². The molecule has 0 aliphatic carbocycles. The second-order valence-electron chi connectivity index (χ2n) is 7.86. The van der Waals surface area contributed by atoms with Crippen molar-refractivity contribution >= 4 is 50.5 Å². The van der Waals surface area contributed by atoms with E-state index in [1.807, 2.05) is 41.8 Å². The van der Waals surface area contributed by atoms with Crippen LogP contribution in [0.15, 0.2) is 64.9 Å². The summed E-state index contributed by atoms with van der Waals surface area (Å²) in [5.41, 5.74) is 2.07. The number of halogens is 2. The van der Waals surface area contributed by atoms with Crippen molar-refractivity contribution in [2.45, 2.75) is 17.4 Å². The second kappa shape index (κ2) is 10.8. The van der Waals surface area contributed by atoms with Crippen molar-refractivity contribution in [1.82, 2.24) is 9.21 Å². The van der Waals surface area contributed by atoms with Gasteiger partial charge in [0.15, 0.2) is 0 Å². The quantitative estimate of drug-likeness (QED) is 0.410. The summed E-state index contributed by atoms with van der Waals surface area (Å²) in [6, 6.07) is 15.8. The predicted octanol–water partition coefficient (Wildman–Crippen LogP) is 4.87. The molecule has 0 saturated carbocycles. The Kier molecular flexibility index (Phi) is 7.97. The molecule has 0 spiro atoms. The number of carbonyl (C=O) groups excluding carboxylic acids is 1. The summed E-state index contributed by atoms with van der Waals surface area (Å²) in [5, 5.41) is 2.32. The minimum absolute atomic E-state index is 0.000953. The molecule has 0 radical (unpaired) electrons. The normalized spacial score (nSPS) is 16.0. The van der Waals surface area contributed by atoms with Gasteiger partial charge in [-0.1, -0.05) is 53.5 Å². The third-order valence-corrected chi connectivity index (χ3v) is 9.33. The lowest BCUT2D eigenvalue weighted by molar-refractivity contribution is -0.133. The largest absolute Gasteiger partial charge is 0.383 e. The number of methoxy groups -OCH3 is 1. The summed E-state index contributed by atoms with van der Waals surface area (Å²) >= 11 is 13.9. The average molecular weight is 540 g/mol. The van der Waals surface area contributed by atoms with Crippen LogP contribution in [0.5, 0.6) is 0 Å². The SMILES string of the molecule is COCCN(CC(=O)N1CCc2sccc2C1c1ccccc1)S(=O)(=O)c1cc(Cl)ccc1Cl. The highest BCUT2D eigenvalue weighted by Crippen LogP contribution is 2.38. The number of hydrogen-bond donors (Lipinski definition) is 0. The van der Waals surface area contributed by atoms with Gasteiger partial charge in [-0.15, -0.1) is 11.3 Å². The van der Waals surface area contributed by atoms with Crippen molar-refractivity contribution in [2.75, 3.05) is 33.4 Å². The number of benzene rings is 2. The minimum Gasteiger partial charge on any atom is -0.383 e. The lowest BCUT2D eigenvalue weighted by Gasteiger charge is -2.37. The van der Waals surface area contributed by atoms with Crippen LogP contribution < -0.4 is 0 Å². The van der Waals surface area contributed by atoms with Crippen LogP contribution in [0.1, 0.15) is 22.0 Å². The Morgan fingerprint density at radius 1 is 1.18 bits per heavy atom. The maximum atomic E-state index is 13.6. The van der Waals surface area contributed by atoms with Crippen LogP contribution in [-0.4, -0.2) is 56.9 Å². The highest BCUT2D eigenvalue weighted by molar-refractivity contribution is 7.89. The van der Waals surface area contributed by atoms with Crippen LogP contribution >= 0.6 is 34.5 Å². The Hall–Kier alpha value is -1.94. The number of ether oxygens (including phenoxy) is 1. The van der Waals surface area contributed by atoms with E-state index >= 15 is 0 Å². The molecule has 10 heteroatoms. The molecule has 1 aliphatic heterocycles. The molecule has 1 unspecified atom stereocenters. The number of hydrogen-bond acceptors (Lipinski definition) is 5. The number of amides is 1. The Labute approximate surface area is 213 Å². The molecule has 1 aliphatic rings. The van der Waals surface area contributed by atoms with Crippen LogP contribution in [0.25, 0.3) is 0 Å². The molecule has 2 aromatic carbocycles. The van der Waals surface area contributed by atoms with Gasteiger partial charge in [0.05, 0.1) is 24.2 Å². The average Bonchev–Trinajstić information content (AvgIpc) is 3.31. The van der Waals surface area contributed by atoms with Crippen molar-refractivity contribution in [3.05, 3.63) is 86.0 Å². The fraction of sp³-hybridized carbons (Fsp3) is 0.292. The number of rotatable bonds is 8. The minimum atomic E-state index is -4.10. The number of carbonyl (C=O) groups is 1. The van der Waals surface area contributed by atoms with Gasteiger partial charge in [0, 0.05) is 30.1 Å². The van der Waals surface area contributed by atoms with Crippen molar-refractivity contribution < 1.29 is 17.9 Å². The van der Waals surface area contributed by atoms with E-state index in [1.165, 1.54) is 30.2 Å². The molecule has 1 atom stereocenters. The van der Waals surface area contributed by atoms with Gasteiger partial charge in [-0.2, -0.15) is 4.31 Å². The molecular formula is C24H24Cl2N2O4S2. The van der Waals surface area contributed by atoms with Gasteiger partial charge in [0.1, 0.15) is 4.90 Å². The molecule has 34 heavy (non-hydrogen) atoms. The Bertz CT molecular complexity index is 1260. The Morgan fingerprint density at radius 2 is 1.94 bits per heavy atom. The van der Waals surface area contributed by atoms with Gasteiger partial charge in [-0.05, 0) is 47.2 Å². The van der Waals surface area contributed by atoms with Gasteiger partial charge >= 0.3 is 0 Å². The molecule has 0 saturated heterocycles. The molecule has 3 aromatic rings. The highest BCUT2D eigenvalue weighted by atomic mass is 35.5. The lowest BCUT2D eigenvalue weighted by Crippen LogP contribution is -2.47. The predicted molar refractivity (Wildman–Crippen MR) is 135 cm³/mol. The van der Waals surface area contributed by atoms with Crippen molar-refractivity contribution in [3.63, 3.8) is 0 Å². The first-order valence-corrected chi connectivity index (χ1v) is 13.8. The van der Waals surface area contributed by atoms with E-state index in [0.717, 1.165) is 21.9 Å². The second-order valence-corrected chi connectivity index (χ2v) is 11.6. The highest BCUT2D eigenvalue weighted by Gasteiger charge is 2.36. The van der Waals surface area contributed by atoms with E-state index in [1.54, 1.807) is 16.2 Å². The molecule has 0 fully saturated rings. The number of thiophene rings is 1. The zero-order chi connectivity index (χ0) is 24.3. The van der Waals surface area contributed by atoms with E-state index in [4.69, 9.17) is 27.9 Å². The van der Waals surface area contributed by atoms with Crippen LogP contribution in [0.2, 0.25) is 10.0 Å². The van der Waals surface area contributed by atoms with E-state index in [-0.39, 0.29) is 46.6 Å². The number of fused-ring (bicyclic) bond motifs is 1. The molecule has 0 bridgehead atoms. The Balaban J connectivity index is 1.67. The van der Waals surface area contributed by atoms with Crippen LogP contribution in [-0.2, 0) is 26.0 Å². The van der Waals surface area contributed by atoms with Gasteiger partial charge in [-0.3, -0.25) is 4.79 Å². The molecule has 6 nitrogen and oxygen atoms in total. The summed E-state index contributed by atoms with van der Waals surface area (Å²) < 4.78 is 33.2. The maximum absolute atomic E-state index is 13.6. The first-order chi connectivity index (χ1) is 16.3. The summed E-state index contributed by atoms with van der Waals surface area (Å²) in [7, 11) is -2.62. The third-order valence-electron chi connectivity index (χ3n) is 5.77. The van der Waals surface area contributed by atoms with Crippen LogP contribution in [0.3, 0.4) is 0 Å². The summed E-state index contributed by atoms with van der Waals surface area (Å²) in [6.07, 6.45) is 0.729. The number of sulfonamides is 1. The summed E-state index contributed by atoms with van der Waals surface area (Å²) in [6.45, 7) is 0.293. The van der Waals surface area contributed by atoms with E-state index in [9.17, 15) is 13.2 Å². The smallest absolute Gasteiger partial charge is 0.245 e. The summed E-state index contributed by atoms with van der Waals surface area (Å²) in [4.78, 5) is 16.5. The van der Waals surface area contributed by atoms with Crippen molar-refractivity contribution in [2.24, 2.45) is 0 Å². The zero-order valence-electron chi connectivity index (χ0n) is 18.5. The molecule has 4 rings (SSSR count). The maximum Gasteiger partial charge on any atom is 0.245 e. The molecular weight excluding hydrogens is 515 g/mol. The first-order valence-electron chi connectivity index (χ1n) is 10.7. The van der Waals surface area contributed by atoms with Gasteiger partial charge in [0.2, 0.25) is 15.9 Å².